The number of sulfonamides is 1. The van der Waals surface area contributed by atoms with Crippen molar-refractivity contribution in [1.82, 2.24) is 14.5 Å². The molecule has 12 heteroatoms. The molecule has 0 fully saturated rings. The minimum absolute atomic E-state index is 0.0146. The normalized spacial score (nSPS) is 11.6. The summed E-state index contributed by atoms with van der Waals surface area (Å²) in [6.07, 6.45) is 2.88. The highest BCUT2D eigenvalue weighted by Gasteiger charge is 2.28. The largest absolute Gasteiger partial charge is 0.346 e. The van der Waals surface area contributed by atoms with Crippen molar-refractivity contribution in [3.05, 3.63) is 82.9 Å². The molecule has 36 heavy (non-hydrogen) atoms. The van der Waals surface area contributed by atoms with Crippen LogP contribution in [0.2, 0.25) is 5.15 Å². The van der Waals surface area contributed by atoms with E-state index in [9.17, 15) is 17.6 Å². The zero-order valence-corrected chi connectivity index (χ0v) is 20.9. The van der Waals surface area contributed by atoms with E-state index in [1.165, 1.54) is 17.1 Å². The Bertz CT molecular complexity index is 1540. The van der Waals surface area contributed by atoms with Gasteiger partial charge in [0, 0.05) is 13.2 Å². The van der Waals surface area contributed by atoms with Gasteiger partial charge in [-0.15, -0.1) is 0 Å². The standard InChI is InChI=1S/C24H22ClF2N5O3S/c1-3-11-36(34,35)32(12-15-7-5-4-6-8-15)18-10-9-17(26)21(19(18)27)30-24(33)16-13-31(2)22-20(16)28-14-29-23(22)25/h4-10,13-14H,3,11-12H2,1-2H3,(H,30,33). The average Bonchev–Trinajstić information content (AvgIpc) is 3.19. The number of aryl methyl sites for hydroxylation is 1. The first-order chi connectivity index (χ1) is 17.1. The maximum absolute atomic E-state index is 15.7. The third-order valence-corrected chi connectivity index (χ3v) is 7.70. The van der Waals surface area contributed by atoms with Gasteiger partial charge in [0.1, 0.15) is 28.9 Å². The van der Waals surface area contributed by atoms with E-state index in [0.29, 0.717) is 17.5 Å². The molecule has 0 spiro atoms. The van der Waals surface area contributed by atoms with Gasteiger partial charge in [0.05, 0.1) is 23.5 Å². The lowest BCUT2D eigenvalue weighted by atomic mass is 10.2. The SMILES string of the molecule is CCCS(=O)(=O)N(Cc1ccccc1)c1ccc(F)c(NC(=O)c2cn(C)c3c(Cl)ncnc23)c1F. The van der Waals surface area contributed by atoms with Crippen LogP contribution in [-0.4, -0.2) is 34.6 Å². The second kappa shape index (κ2) is 10.2. The van der Waals surface area contributed by atoms with Crippen molar-refractivity contribution in [3.8, 4) is 0 Å². The summed E-state index contributed by atoms with van der Waals surface area (Å²) >= 11 is 6.10. The number of hydrogen-bond donors (Lipinski definition) is 1. The van der Waals surface area contributed by atoms with E-state index in [0.717, 1.165) is 16.4 Å². The first-order valence-corrected chi connectivity index (χ1v) is 12.9. The van der Waals surface area contributed by atoms with Gasteiger partial charge in [0.2, 0.25) is 10.0 Å². The maximum atomic E-state index is 15.7. The number of amides is 1. The third kappa shape index (κ3) is 4.89. The lowest BCUT2D eigenvalue weighted by Gasteiger charge is -2.26. The van der Waals surface area contributed by atoms with Crippen LogP contribution in [0.25, 0.3) is 11.0 Å². The van der Waals surface area contributed by atoms with Gasteiger partial charge in [0.15, 0.2) is 11.0 Å². The van der Waals surface area contributed by atoms with Gasteiger partial charge >= 0.3 is 0 Å². The minimum atomic E-state index is -3.96. The smallest absolute Gasteiger partial charge is 0.259 e. The topological polar surface area (TPSA) is 97.2 Å². The first-order valence-electron chi connectivity index (χ1n) is 10.9. The third-order valence-electron chi connectivity index (χ3n) is 5.50. The van der Waals surface area contributed by atoms with Gasteiger partial charge in [0.25, 0.3) is 5.91 Å². The van der Waals surface area contributed by atoms with E-state index >= 15 is 4.39 Å². The van der Waals surface area contributed by atoms with E-state index in [-0.39, 0.29) is 34.2 Å². The van der Waals surface area contributed by atoms with E-state index < -0.39 is 33.3 Å². The highest BCUT2D eigenvalue weighted by Crippen LogP contribution is 2.33. The molecule has 4 aromatic rings. The lowest BCUT2D eigenvalue weighted by molar-refractivity contribution is 0.102. The van der Waals surface area contributed by atoms with Gasteiger partial charge in [-0.05, 0) is 24.1 Å². The number of hydrogen-bond acceptors (Lipinski definition) is 5. The number of carbonyl (C=O) groups is 1. The molecule has 0 aliphatic heterocycles. The predicted octanol–water partition coefficient (Wildman–Crippen LogP) is 4.90. The van der Waals surface area contributed by atoms with Crippen molar-refractivity contribution in [2.45, 2.75) is 19.9 Å². The van der Waals surface area contributed by atoms with Crippen LogP contribution in [0.1, 0.15) is 29.3 Å². The van der Waals surface area contributed by atoms with E-state index in [1.807, 2.05) is 0 Å². The van der Waals surface area contributed by atoms with Crippen molar-refractivity contribution in [2.24, 2.45) is 7.05 Å². The van der Waals surface area contributed by atoms with Gasteiger partial charge in [-0.25, -0.2) is 27.2 Å². The average molecular weight is 534 g/mol. The fraction of sp³-hybridized carbons (Fsp3) is 0.208. The van der Waals surface area contributed by atoms with E-state index in [4.69, 9.17) is 11.6 Å². The molecule has 2 aromatic heterocycles. The molecule has 0 saturated heterocycles. The van der Waals surface area contributed by atoms with Crippen LogP contribution in [-0.2, 0) is 23.6 Å². The summed E-state index contributed by atoms with van der Waals surface area (Å²) in [6, 6.07) is 10.6. The lowest BCUT2D eigenvalue weighted by Crippen LogP contribution is -2.33. The minimum Gasteiger partial charge on any atom is -0.346 e. The Hall–Kier alpha value is -3.57. The summed E-state index contributed by atoms with van der Waals surface area (Å²) in [7, 11) is -2.34. The molecule has 1 N–H and O–H groups in total. The number of benzene rings is 2. The Morgan fingerprint density at radius 3 is 2.56 bits per heavy atom. The van der Waals surface area contributed by atoms with Gasteiger partial charge in [-0.2, -0.15) is 0 Å². The molecule has 2 heterocycles. The fourth-order valence-electron chi connectivity index (χ4n) is 3.83. The van der Waals surface area contributed by atoms with Crippen LogP contribution in [0, 0.1) is 11.6 Å². The number of halogens is 3. The summed E-state index contributed by atoms with van der Waals surface area (Å²) in [5.41, 5.74) is 0.0353. The van der Waals surface area contributed by atoms with Crippen LogP contribution in [0.5, 0.6) is 0 Å². The number of fused-ring (bicyclic) bond motifs is 1. The Labute approximate surface area is 211 Å². The zero-order chi connectivity index (χ0) is 26.0. The van der Waals surface area contributed by atoms with Gasteiger partial charge < -0.3 is 9.88 Å². The summed E-state index contributed by atoms with van der Waals surface area (Å²) in [5, 5.41) is 2.34. The molecule has 4 rings (SSSR count). The van der Waals surface area contributed by atoms with Crippen LogP contribution < -0.4 is 9.62 Å². The van der Waals surface area contributed by atoms with Crippen molar-refractivity contribution in [2.75, 3.05) is 15.4 Å². The molecule has 8 nitrogen and oxygen atoms in total. The predicted molar refractivity (Wildman–Crippen MR) is 135 cm³/mol. The maximum Gasteiger partial charge on any atom is 0.259 e. The number of nitrogens with zero attached hydrogens (tertiary/aromatic N) is 4. The van der Waals surface area contributed by atoms with Crippen molar-refractivity contribution in [1.29, 1.82) is 0 Å². The molecule has 188 valence electrons. The molecule has 2 aromatic carbocycles. The summed E-state index contributed by atoms with van der Waals surface area (Å²) in [4.78, 5) is 21.0. The Kier molecular flexibility index (Phi) is 7.23. The second-order valence-corrected chi connectivity index (χ2v) is 10.4. The van der Waals surface area contributed by atoms with Crippen molar-refractivity contribution in [3.63, 3.8) is 0 Å². The monoisotopic (exact) mass is 533 g/mol. The first kappa shape index (κ1) is 25.5. The number of carbonyl (C=O) groups excluding carboxylic acids is 1. The number of rotatable bonds is 8. The highest BCUT2D eigenvalue weighted by atomic mass is 35.5. The molecule has 0 aliphatic carbocycles. The van der Waals surface area contributed by atoms with E-state index in [2.05, 4.69) is 15.3 Å². The summed E-state index contributed by atoms with van der Waals surface area (Å²) < 4.78 is 59.0. The van der Waals surface area contributed by atoms with E-state index in [1.54, 1.807) is 44.3 Å². The number of nitrogens with one attached hydrogen (secondary N) is 1. The van der Waals surface area contributed by atoms with Crippen LogP contribution >= 0.6 is 11.6 Å². The molecule has 0 atom stereocenters. The molecule has 0 bridgehead atoms. The molecule has 0 radical (unpaired) electrons. The van der Waals surface area contributed by atoms with Gasteiger partial charge in [-0.1, -0.05) is 48.9 Å². The summed E-state index contributed by atoms with van der Waals surface area (Å²) in [5.74, 6) is -3.37. The molecule has 0 saturated carbocycles. The number of aromatic nitrogens is 3. The molecular formula is C24H22ClF2N5O3S. The molecule has 1 amide bonds. The molecular weight excluding hydrogens is 512 g/mol. The molecule has 0 aliphatic rings. The number of anilines is 2. The van der Waals surface area contributed by atoms with Crippen molar-refractivity contribution < 1.29 is 22.0 Å². The van der Waals surface area contributed by atoms with Crippen molar-refractivity contribution >= 4 is 49.9 Å². The van der Waals surface area contributed by atoms with Crippen LogP contribution in [0.15, 0.2) is 55.0 Å². The zero-order valence-electron chi connectivity index (χ0n) is 19.4. The Morgan fingerprint density at radius 2 is 1.86 bits per heavy atom. The Balaban J connectivity index is 1.76. The quantitative estimate of drug-likeness (QED) is 0.325. The highest BCUT2D eigenvalue weighted by molar-refractivity contribution is 7.92. The second-order valence-electron chi connectivity index (χ2n) is 8.03. The van der Waals surface area contributed by atoms with Gasteiger partial charge in [-0.3, -0.25) is 9.10 Å². The molecule has 0 unspecified atom stereocenters. The van der Waals surface area contributed by atoms with Crippen LogP contribution in [0.4, 0.5) is 20.2 Å². The summed E-state index contributed by atoms with van der Waals surface area (Å²) in [6.45, 7) is 1.52. The fourth-order valence-corrected chi connectivity index (χ4v) is 5.62. The Morgan fingerprint density at radius 1 is 1.14 bits per heavy atom. The van der Waals surface area contributed by atoms with Crippen LogP contribution in [0.3, 0.4) is 0 Å².